The van der Waals surface area contributed by atoms with Crippen molar-refractivity contribution >= 4 is 23.6 Å². The lowest BCUT2D eigenvalue weighted by molar-refractivity contribution is -0.128. The molecule has 1 aromatic carbocycles. The zero-order chi connectivity index (χ0) is 20.2. The predicted molar refractivity (Wildman–Crippen MR) is 105 cm³/mol. The molecule has 0 N–H and O–H groups in total. The Morgan fingerprint density at radius 2 is 1.93 bits per heavy atom. The first-order valence-electron chi connectivity index (χ1n) is 9.06. The summed E-state index contributed by atoms with van der Waals surface area (Å²) in [6.07, 6.45) is 0. The number of nitrogens with zero attached hydrogens (tertiary/aromatic N) is 6. The fourth-order valence-electron chi connectivity index (χ4n) is 3.04. The van der Waals surface area contributed by atoms with E-state index >= 15 is 0 Å². The van der Waals surface area contributed by atoms with E-state index in [0.29, 0.717) is 49.1 Å². The molecule has 1 saturated heterocycles. The van der Waals surface area contributed by atoms with Crippen LogP contribution < -0.4 is 4.90 Å². The Kier molecular flexibility index (Phi) is 5.48. The Balaban J connectivity index is 1.29. The smallest absolute Gasteiger partial charge is 0.277 e. The van der Waals surface area contributed by atoms with Gasteiger partial charge in [0, 0.05) is 38.7 Å². The molecule has 29 heavy (non-hydrogen) atoms. The third-order valence-electron chi connectivity index (χ3n) is 4.49. The highest BCUT2D eigenvalue weighted by Gasteiger charge is 2.26. The van der Waals surface area contributed by atoms with E-state index in [1.54, 1.807) is 11.8 Å². The highest BCUT2D eigenvalue weighted by atomic mass is 32.2. The molecule has 3 aromatic rings. The van der Waals surface area contributed by atoms with Crippen molar-refractivity contribution in [1.82, 2.24) is 20.1 Å². The summed E-state index contributed by atoms with van der Waals surface area (Å²) in [6.45, 7) is 3.96. The van der Waals surface area contributed by atoms with Crippen LogP contribution in [0.1, 0.15) is 11.6 Å². The number of hydrogen-bond donors (Lipinski definition) is 0. The minimum atomic E-state index is 0.00312. The maximum atomic E-state index is 12.5. The van der Waals surface area contributed by atoms with Gasteiger partial charge in [-0.05, 0) is 12.1 Å². The molecule has 0 bridgehead atoms. The van der Waals surface area contributed by atoms with E-state index in [0.717, 1.165) is 5.56 Å². The van der Waals surface area contributed by atoms with Crippen LogP contribution in [0.3, 0.4) is 0 Å². The van der Waals surface area contributed by atoms with Crippen LogP contribution in [0.5, 0.6) is 0 Å². The number of benzene rings is 1. The lowest BCUT2D eigenvalue weighted by atomic mass is 10.2. The summed E-state index contributed by atoms with van der Waals surface area (Å²) >= 11 is 1.23. The highest BCUT2D eigenvalue weighted by Crippen LogP contribution is 2.25. The molecule has 0 atom stereocenters. The van der Waals surface area contributed by atoms with E-state index in [-0.39, 0.29) is 17.4 Å². The van der Waals surface area contributed by atoms with Gasteiger partial charge in [0.25, 0.3) is 5.22 Å². The summed E-state index contributed by atoms with van der Waals surface area (Å²) in [4.78, 5) is 20.3. The van der Waals surface area contributed by atoms with Gasteiger partial charge in [-0.3, -0.25) is 4.79 Å². The number of anilines is 1. The van der Waals surface area contributed by atoms with Crippen molar-refractivity contribution in [1.29, 1.82) is 5.26 Å². The molecule has 148 valence electrons. The fraction of sp³-hybridized carbons (Fsp3) is 0.316. The summed E-state index contributed by atoms with van der Waals surface area (Å²) in [6, 6.07) is 11.5. The van der Waals surface area contributed by atoms with Crippen molar-refractivity contribution < 1.29 is 13.6 Å². The lowest BCUT2D eigenvalue weighted by Crippen LogP contribution is -2.49. The van der Waals surface area contributed by atoms with Gasteiger partial charge in [0.05, 0.1) is 5.75 Å². The first-order chi connectivity index (χ1) is 14.1. The average molecular weight is 410 g/mol. The van der Waals surface area contributed by atoms with Gasteiger partial charge in [-0.25, -0.2) is 4.98 Å². The normalized spacial score (nSPS) is 14.1. The number of thioether (sulfide) groups is 1. The van der Waals surface area contributed by atoms with Crippen LogP contribution in [0.2, 0.25) is 0 Å². The van der Waals surface area contributed by atoms with Crippen LogP contribution in [-0.2, 0) is 4.79 Å². The quantitative estimate of drug-likeness (QED) is 0.585. The monoisotopic (exact) mass is 410 g/mol. The number of amides is 1. The van der Waals surface area contributed by atoms with Crippen molar-refractivity contribution in [3.05, 3.63) is 41.9 Å². The second-order valence-corrected chi connectivity index (χ2v) is 7.32. The topological polar surface area (TPSA) is 112 Å². The van der Waals surface area contributed by atoms with E-state index < -0.39 is 0 Å². The van der Waals surface area contributed by atoms with Crippen LogP contribution in [0.25, 0.3) is 11.5 Å². The first kappa shape index (κ1) is 19.0. The van der Waals surface area contributed by atoms with Gasteiger partial charge in [-0.1, -0.05) is 30.0 Å². The van der Waals surface area contributed by atoms with Crippen molar-refractivity contribution in [3.63, 3.8) is 0 Å². The third kappa shape index (κ3) is 4.25. The van der Waals surface area contributed by atoms with Gasteiger partial charge in [0.1, 0.15) is 6.07 Å². The largest absolute Gasteiger partial charge is 0.424 e. The zero-order valence-electron chi connectivity index (χ0n) is 15.7. The fourth-order valence-corrected chi connectivity index (χ4v) is 3.71. The Labute approximate surface area is 171 Å². The Bertz CT molecular complexity index is 1030. The minimum Gasteiger partial charge on any atom is -0.424 e. The van der Waals surface area contributed by atoms with E-state index in [2.05, 4.69) is 15.2 Å². The highest BCUT2D eigenvalue weighted by molar-refractivity contribution is 7.99. The minimum absolute atomic E-state index is 0.00312. The van der Waals surface area contributed by atoms with E-state index in [1.165, 1.54) is 11.8 Å². The van der Waals surface area contributed by atoms with Crippen molar-refractivity contribution in [3.8, 4) is 17.5 Å². The predicted octanol–water partition coefficient (Wildman–Crippen LogP) is 2.35. The molecule has 1 fully saturated rings. The van der Waals surface area contributed by atoms with Gasteiger partial charge < -0.3 is 18.6 Å². The Morgan fingerprint density at radius 1 is 1.17 bits per heavy atom. The second kappa shape index (κ2) is 8.36. The molecule has 0 unspecified atom stereocenters. The number of oxazole rings is 1. The van der Waals surface area contributed by atoms with Crippen LogP contribution in [0, 0.1) is 18.3 Å². The molecule has 1 amide bonds. The van der Waals surface area contributed by atoms with Crippen LogP contribution >= 0.6 is 11.8 Å². The zero-order valence-corrected chi connectivity index (χ0v) is 16.6. The summed E-state index contributed by atoms with van der Waals surface area (Å²) in [7, 11) is 0. The molecule has 10 heteroatoms. The number of aryl methyl sites for hydroxylation is 1. The van der Waals surface area contributed by atoms with Gasteiger partial charge in [0.15, 0.2) is 5.89 Å². The van der Waals surface area contributed by atoms with Crippen molar-refractivity contribution in [2.75, 3.05) is 36.8 Å². The maximum Gasteiger partial charge on any atom is 0.277 e. The van der Waals surface area contributed by atoms with Crippen LogP contribution in [0.15, 0.2) is 44.4 Å². The van der Waals surface area contributed by atoms with E-state index in [9.17, 15) is 4.79 Å². The number of hydrogen-bond acceptors (Lipinski definition) is 9. The average Bonchev–Trinajstić information content (AvgIpc) is 3.39. The standard InChI is InChI=1S/C19H18N6O3S/c1-13-21-15(11-20)18(27-13)25-9-7-24(8-10-25)16(26)12-29-19-23-22-17(28-19)14-5-3-2-4-6-14/h2-6H,7-10,12H2,1H3. The molecule has 3 heterocycles. The van der Waals surface area contributed by atoms with E-state index in [4.69, 9.17) is 14.1 Å². The van der Waals surface area contributed by atoms with Crippen molar-refractivity contribution in [2.24, 2.45) is 0 Å². The summed E-state index contributed by atoms with van der Waals surface area (Å²) in [5.41, 5.74) is 1.12. The molecule has 0 spiro atoms. The number of carbonyl (C=O) groups excluding carboxylic acids is 1. The molecule has 1 aliphatic rings. The number of carbonyl (C=O) groups is 1. The number of nitriles is 1. The Hall–Kier alpha value is -3.32. The summed E-state index contributed by atoms with van der Waals surface area (Å²) < 4.78 is 11.2. The molecule has 0 aliphatic carbocycles. The number of piperazine rings is 1. The molecule has 0 radical (unpaired) electrons. The van der Waals surface area contributed by atoms with Crippen molar-refractivity contribution in [2.45, 2.75) is 12.1 Å². The molecule has 1 aliphatic heterocycles. The summed E-state index contributed by atoms with van der Waals surface area (Å²) in [5.74, 6) is 1.60. The molecular weight excluding hydrogens is 392 g/mol. The van der Waals surface area contributed by atoms with Gasteiger partial charge >= 0.3 is 0 Å². The SMILES string of the molecule is Cc1nc(C#N)c(N2CCN(C(=O)CSc3nnc(-c4ccccc4)o3)CC2)o1. The number of aromatic nitrogens is 3. The molecule has 2 aromatic heterocycles. The summed E-state index contributed by atoms with van der Waals surface area (Å²) in [5, 5.41) is 17.6. The number of rotatable bonds is 5. The maximum absolute atomic E-state index is 12.5. The molecule has 4 rings (SSSR count). The molecule has 9 nitrogen and oxygen atoms in total. The van der Waals surface area contributed by atoms with E-state index in [1.807, 2.05) is 41.3 Å². The second-order valence-electron chi connectivity index (χ2n) is 6.39. The molecular formula is C19H18N6O3S. The lowest BCUT2D eigenvalue weighted by Gasteiger charge is -2.34. The van der Waals surface area contributed by atoms with Gasteiger partial charge in [-0.2, -0.15) is 5.26 Å². The first-order valence-corrected chi connectivity index (χ1v) is 10.0. The Morgan fingerprint density at radius 3 is 2.66 bits per heavy atom. The third-order valence-corrected chi connectivity index (χ3v) is 5.29. The van der Waals surface area contributed by atoms with Gasteiger partial charge in [0.2, 0.25) is 23.4 Å². The van der Waals surface area contributed by atoms with Gasteiger partial charge in [-0.15, -0.1) is 10.2 Å². The van der Waals surface area contributed by atoms with Crippen LogP contribution in [-0.4, -0.2) is 57.9 Å². The molecule has 0 saturated carbocycles. The van der Waals surface area contributed by atoms with Crippen LogP contribution in [0.4, 0.5) is 5.88 Å².